The molecule has 7 rings (SSSR count). The van der Waals surface area contributed by atoms with E-state index in [1.807, 2.05) is 56.7 Å². The van der Waals surface area contributed by atoms with E-state index in [1.54, 1.807) is 35.9 Å². The summed E-state index contributed by atoms with van der Waals surface area (Å²) in [4.78, 5) is 65.7. The van der Waals surface area contributed by atoms with Crippen molar-refractivity contribution in [1.82, 2.24) is 35.3 Å². The maximum Gasteiger partial charge on any atom is 0.355 e. The molecule has 1 aliphatic rings. The number of sulfonamides is 1. The first-order valence-corrected chi connectivity index (χ1v) is 33.4. The average molecular weight is 1210 g/mol. The molecule has 84 heavy (non-hydrogen) atoms. The van der Waals surface area contributed by atoms with Crippen molar-refractivity contribution in [3.8, 4) is 39.3 Å². The highest BCUT2D eigenvalue weighted by Crippen LogP contribution is 2.38. The van der Waals surface area contributed by atoms with Crippen LogP contribution in [0.5, 0.6) is 5.75 Å². The van der Waals surface area contributed by atoms with E-state index >= 15 is 0 Å². The van der Waals surface area contributed by atoms with Gasteiger partial charge in [0.1, 0.15) is 59.4 Å². The number of amides is 4. The number of hydrogen-bond acceptors (Lipinski definition) is 14. The van der Waals surface area contributed by atoms with Crippen molar-refractivity contribution in [2.45, 2.75) is 136 Å². The third kappa shape index (κ3) is 17.2. The predicted octanol–water partition coefficient (Wildman–Crippen LogP) is 9.50. The largest absolute Gasteiger partial charge is 0.484 e. The SMILES string of the molecule is Cc1ncsc1-c1ccc(CNC(=O)[C@@H]2C[C@@H](O)CN2C(=O)[C@@H](NC(=O)CCCCC#Cc2ccc(Nc3c(C(N)=O)c(-c4ccc(NS(=O)(=O)C(F)F)c(O[C@@H](C)c5ccc(F)cc5)c4)nn3COCC[Si](C)(C)C)nc2)C(C)(C)C)cc1. The van der Waals surface area contributed by atoms with Crippen LogP contribution in [0.25, 0.3) is 21.7 Å². The summed E-state index contributed by atoms with van der Waals surface area (Å²) in [5, 5.41) is 24.3. The standard InChI is InChI=1S/C59H71F3N10O9S2Si/c1-36-52(82-34-66-36)41-18-15-39(16-19-41)32-65-56(76)46-30-44(73)33-71(46)57(77)53(59(3,4)5)68-49(74)14-12-10-9-11-13-38-17-26-48(64-31-38)67-55-50(54(63)75)51(69-72(55)35-80-27-28-84(6,7)8)42-22-25-45(70-83(78,79)58(61)62)47(29-42)81-37(2)40-20-23-43(60)24-21-40/h15-26,29,31,34,37,44,46,53,58,70,73H,9-10,12,14,27-28,30,32-33,35H2,1-8H3,(H2,63,75)(H,64,67)(H,65,76)(H,68,74)/t37-,44+,46-,53+/m0/s1. The fraction of sp³-hybridized carbons (Fsp3) is 0.407. The quantitative estimate of drug-likeness (QED) is 0.0177. The number of β-amino-alcohol motifs (C(OH)–C–C–N with tert-alkyl or cyclic N) is 1. The molecule has 25 heteroatoms. The van der Waals surface area contributed by atoms with Crippen LogP contribution in [0.2, 0.25) is 25.7 Å². The molecule has 0 aliphatic carbocycles. The number of pyridine rings is 1. The molecule has 0 bridgehead atoms. The summed E-state index contributed by atoms with van der Waals surface area (Å²) in [6.45, 7) is 16.0. The lowest BCUT2D eigenvalue weighted by molar-refractivity contribution is -0.144. The number of thiazole rings is 1. The fourth-order valence-electron chi connectivity index (χ4n) is 9.03. The highest BCUT2D eigenvalue weighted by molar-refractivity contribution is 7.93. The second-order valence-corrected chi connectivity index (χ2v) is 30.9. The van der Waals surface area contributed by atoms with Crippen molar-refractivity contribution in [1.29, 1.82) is 0 Å². The molecule has 3 aromatic heterocycles. The summed E-state index contributed by atoms with van der Waals surface area (Å²) < 4.78 is 81.1. The molecule has 0 radical (unpaired) electrons. The van der Waals surface area contributed by atoms with Crippen molar-refractivity contribution < 1.29 is 55.3 Å². The Hall–Kier alpha value is -7.63. The van der Waals surface area contributed by atoms with Gasteiger partial charge < -0.3 is 41.2 Å². The molecular weight excluding hydrogens is 1140 g/mol. The molecule has 0 saturated carbocycles. The maximum atomic E-state index is 14.1. The summed E-state index contributed by atoms with van der Waals surface area (Å²) in [7, 11) is -6.69. The molecule has 448 valence electrons. The number of carbonyl (C=O) groups excluding carboxylic acids is 4. The first-order chi connectivity index (χ1) is 39.7. The number of primary amides is 1. The number of anilines is 3. The molecule has 3 aromatic carbocycles. The van der Waals surface area contributed by atoms with Crippen LogP contribution >= 0.6 is 11.3 Å². The number of ether oxygens (including phenoxy) is 2. The van der Waals surface area contributed by atoms with E-state index in [1.165, 1.54) is 58.2 Å². The Labute approximate surface area is 492 Å². The van der Waals surface area contributed by atoms with Gasteiger partial charge in [-0.05, 0) is 91.2 Å². The fourth-order valence-corrected chi connectivity index (χ4v) is 11.2. The van der Waals surface area contributed by atoms with Gasteiger partial charge in [-0.25, -0.2) is 27.5 Å². The molecule has 4 heterocycles. The average Bonchev–Trinajstić information content (AvgIpc) is 4.35. The van der Waals surface area contributed by atoms with E-state index in [4.69, 9.17) is 20.3 Å². The van der Waals surface area contributed by atoms with Crippen molar-refractivity contribution in [2.24, 2.45) is 11.1 Å². The lowest BCUT2D eigenvalue weighted by atomic mass is 9.85. The van der Waals surface area contributed by atoms with Crippen LogP contribution in [0.15, 0.2) is 90.6 Å². The zero-order valence-electron chi connectivity index (χ0n) is 48.1. The summed E-state index contributed by atoms with van der Waals surface area (Å²) >= 11 is 1.55. The minimum Gasteiger partial charge on any atom is -0.484 e. The zero-order valence-corrected chi connectivity index (χ0v) is 50.7. The summed E-state index contributed by atoms with van der Waals surface area (Å²) in [5.41, 5.74) is 10.7. The van der Waals surface area contributed by atoms with Crippen molar-refractivity contribution in [3.63, 3.8) is 0 Å². The molecule has 1 aliphatic heterocycles. The number of aliphatic hydroxyl groups is 1. The number of unbranched alkanes of at least 4 members (excludes halogenated alkanes) is 2. The number of aryl methyl sites for hydroxylation is 1. The molecule has 1 fully saturated rings. The number of nitrogens with zero attached hydrogens (tertiary/aromatic N) is 5. The highest BCUT2D eigenvalue weighted by atomic mass is 32.2. The van der Waals surface area contributed by atoms with Gasteiger partial charge in [0.05, 0.1) is 27.9 Å². The second kappa shape index (κ2) is 27.8. The summed E-state index contributed by atoms with van der Waals surface area (Å²) in [5.74, 6) is -0.0471. The van der Waals surface area contributed by atoms with Gasteiger partial charge >= 0.3 is 5.76 Å². The Bertz CT molecular complexity index is 3470. The number of carbonyl (C=O) groups is 4. The zero-order chi connectivity index (χ0) is 61.1. The van der Waals surface area contributed by atoms with Crippen LogP contribution in [-0.2, 0) is 42.4 Å². The number of nitrogens with one attached hydrogen (secondary N) is 4. The van der Waals surface area contributed by atoms with E-state index in [-0.39, 0.29) is 78.5 Å². The number of aliphatic hydroxyl groups excluding tert-OH is 1. The van der Waals surface area contributed by atoms with Gasteiger partial charge in [-0.3, -0.25) is 23.9 Å². The van der Waals surface area contributed by atoms with Gasteiger partial charge in [0, 0.05) is 64.4 Å². The number of benzene rings is 3. The van der Waals surface area contributed by atoms with E-state index in [9.17, 15) is 45.9 Å². The topological polar surface area (TPSA) is 262 Å². The van der Waals surface area contributed by atoms with Gasteiger partial charge in [-0.15, -0.1) is 11.3 Å². The van der Waals surface area contributed by atoms with Crippen LogP contribution in [0.4, 0.5) is 30.5 Å². The summed E-state index contributed by atoms with van der Waals surface area (Å²) in [6, 6.07) is 19.2. The number of hydrogen-bond donors (Lipinski definition) is 6. The molecule has 6 aromatic rings. The van der Waals surface area contributed by atoms with Gasteiger partial charge in [0.2, 0.25) is 17.7 Å². The monoisotopic (exact) mass is 1210 g/mol. The molecule has 4 amide bonds. The molecule has 1 saturated heterocycles. The van der Waals surface area contributed by atoms with Gasteiger partial charge in [-0.1, -0.05) is 94.7 Å². The number of rotatable bonds is 25. The third-order valence-corrected chi connectivity index (χ3v) is 17.4. The number of likely N-dealkylation sites (tertiary alicyclic amines) is 1. The van der Waals surface area contributed by atoms with Gasteiger partial charge in [-0.2, -0.15) is 13.9 Å². The van der Waals surface area contributed by atoms with E-state index in [2.05, 4.69) is 57.4 Å². The van der Waals surface area contributed by atoms with Crippen LogP contribution in [-0.4, -0.2) is 107 Å². The Morgan fingerprint density at radius 2 is 1.69 bits per heavy atom. The number of halogens is 3. The van der Waals surface area contributed by atoms with E-state index in [0.29, 0.717) is 37.0 Å². The smallest absolute Gasteiger partial charge is 0.355 e. The van der Waals surface area contributed by atoms with Crippen LogP contribution in [0.3, 0.4) is 0 Å². The third-order valence-electron chi connectivity index (χ3n) is 13.7. The minimum absolute atomic E-state index is 0.0128. The molecule has 4 atom stereocenters. The Morgan fingerprint density at radius 1 is 0.976 bits per heavy atom. The second-order valence-electron chi connectivity index (χ2n) is 22.7. The molecular formula is C59H71F3N10O9S2Si. The highest BCUT2D eigenvalue weighted by Gasteiger charge is 2.44. The first kappa shape index (κ1) is 63.9. The Morgan fingerprint density at radius 3 is 2.32 bits per heavy atom. The van der Waals surface area contributed by atoms with Crippen LogP contribution in [0, 0.1) is 30.0 Å². The molecule has 7 N–H and O–H groups in total. The van der Waals surface area contributed by atoms with Crippen molar-refractivity contribution in [3.05, 3.63) is 124 Å². The van der Waals surface area contributed by atoms with E-state index in [0.717, 1.165) is 27.7 Å². The molecule has 0 unspecified atom stereocenters. The lowest BCUT2D eigenvalue weighted by Gasteiger charge is -2.35. The van der Waals surface area contributed by atoms with Gasteiger partial charge in [0.15, 0.2) is 0 Å². The van der Waals surface area contributed by atoms with Crippen molar-refractivity contribution >= 4 is 70.4 Å². The first-order valence-electron chi connectivity index (χ1n) is 27.3. The molecule has 0 spiro atoms. The Balaban J connectivity index is 0.983. The predicted molar refractivity (Wildman–Crippen MR) is 319 cm³/mol. The normalized spacial score (nSPS) is 15.2. The number of aromatic nitrogens is 4. The minimum atomic E-state index is -5.16. The molecule has 19 nitrogen and oxygen atoms in total. The van der Waals surface area contributed by atoms with Crippen molar-refractivity contribution in [2.75, 3.05) is 23.2 Å². The van der Waals surface area contributed by atoms with Gasteiger partial charge in [0.25, 0.3) is 15.9 Å². The van der Waals surface area contributed by atoms with Crippen LogP contribution in [0.1, 0.15) is 98.6 Å². The summed E-state index contributed by atoms with van der Waals surface area (Å²) in [6.07, 6.45) is 1.42. The maximum absolute atomic E-state index is 14.1. The number of nitrogens with two attached hydrogens (primary N) is 1. The van der Waals surface area contributed by atoms with E-state index < -0.39 is 77.1 Å². The lowest BCUT2D eigenvalue weighted by Crippen LogP contribution is -2.57. The number of alkyl halides is 2. The van der Waals surface area contributed by atoms with Crippen LogP contribution < -0.4 is 31.1 Å². The Kier molecular flexibility index (Phi) is 21.2.